The van der Waals surface area contributed by atoms with Crippen LogP contribution >= 0.6 is 0 Å². The molecule has 7 heteroatoms. The first-order valence-electron chi connectivity index (χ1n) is 4.77. The van der Waals surface area contributed by atoms with Crippen LogP contribution in [-0.2, 0) is 4.74 Å². The van der Waals surface area contributed by atoms with E-state index in [9.17, 15) is 9.59 Å². The smallest absolute Gasteiger partial charge is 0.404 e. The van der Waals surface area contributed by atoms with Crippen LogP contribution in [0.25, 0.3) is 0 Å². The van der Waals surface area contributed by atoms with Gasteiger partial charge in [0.25, 0.3) is 0 Å². The molecule has 0 spiro atoms. The van der Waals surface area contributed by atoms with Crippen molar-refractivity contribution in [3.8, 4) is 0 Å². The van der Waals surface area contributed by atoms with Gasteiger partial charge in [0.2, 0.25) is 0 Å². The summed E-state index contributed by atoms with van der Waals surface area (Å²) in [6.07, 6.45) is -1.09. The summed E-state index contributed by atoms with van der Waals surface area (Å²) in [7, 11) is 0. The molecule has 0 aromatic carbocycles. The maximum absolute atomic E-state index is 11.4. The third-order valence-corrected chi connectivity index (χ3v) is 1.98. The Morgan fingerprint density at radius 2 is 1.80 bits per heavy atom. The van der Waals surface area contributed by atoms with E-state index in [2.05, 4.69) is 10.6 Å². The lowest BCUT2D eigenvalue weighted by Crippen LogP contribution is -2.47. The van der Waals surface area contributed by atoms with Crippen molar-refractivity contribution >= 4 is 12.1 Å². The number of hydrogen-bond donors (Lipinski definition) is 3. The number of nitrogens with one attached hydrogen (secondary N) is 2. The first-order valence-corrected chi connectivity index (χ1v) is 4.77. The Bertz CT molecular complexity index is 228. The molecule has 0 radical (unpaired) electrons. The van der Waals surface area contributed by atoms with E-state index in [0.29, 0.717) is 32.8 Å². The van der Waals surface area contributed by atoms with Gasteiger partial charge in [-0.25, -0.2) is 9.59 Å². The van der Waals surface area contributed by atoms with Gasteiger partial charge in [0, 0.05) is 26.2 Å². The van der Waals surface area contributed by atoms with Gasteiger partial charge in [0.1, 0.15) is 0 Å². The van der Waals surface area contributed by atoms with Gasteiger partial charge in [-0.05, 0) is 0 Å². The average Bonchev–Trinajstić information content (AvgIpc) is 2.25. The molecule has 1 rings (SSSR count). The fraction of sp³-hybridized carbons (Fsp3) is 0.750. The first kappa shape index (κ1) is 11.6. The van der Waals surface area contributed by atoms with Gasteiger partial charge in [-0.15, -0.1) is 0 Å². The number of urea groups is 1. The fourth-order valence-corrected chi connectivity index (χ4v) is 1.22. The topological polar surface area (TPSA) is 90.9 Å². The van der Waals surface area contributed by atoms with Crippen LogP contribution in [0.2, 0.25) is 0 Å². The van der Waals surface area contributed by atoms with Crippen LogP contribution in [0.4, 0.5) is 9.59 Å². The van der Waals surface area contributed by atoms with E-state index in [-0.39, 0.29) is 12.6 Å². The number of carbonyl (C=O) groups is 2. The molecule has 3 N–H and O–H groups in total. The Morgan fingerprint density at radius 1 is 1.20 bits per heavy atom. The summed E-state index contributed by atoms with van der Waals surface area (Å²) in [6.45, 7) is 2.78. The molecule has 1 aliphatic rings. The second-order valence-electron chi connectivity index (χ2n) is 3.06. The lowest BCUT2D eigenvalue weighted by molar-refractivity contribution is 0.0533. The molecule has 86 valence electrons. The highest BCUT2D eigenvalue weighted by Crippen LogP contribution is 1.96. The van der Waals surface area contributed by atoms with Crippen molar-refractivity contribution in [1.29, 1.82) is 0 Å². The maximum atomic E-state index is 11.4. The highest BCUT2D eigenvalue weighted by atomic mass is 16.5. The molecule has 1 saturated heterocycles. The highest BCUT2D eigenvalue weighted by Gasteiger charge is 2.15. The minimum atomic E-state index is -1.09. The average molecular weight is 217 g/mol. The molecule has 1 fully saturated rings. The Balaban J connectivity index is 2.09. The Kier molecular flexibility index (Phi) is 4.69. The minimum Gasteiger partial charge on any atom is -0.465 e. The van der Waals surface area contributed by atoms with Crippen LogP contribution in [0.1, 0.15) is 0 Å². The van der Waals surface area contributed by atoms with Crippen molar-refractivity contribution in [3.05, 3.63) is 0 Å². The van der Waals surface area contributed by atoms with Gasteiger partial charge in [-0.3, -0.25) is 0 Å². The largest absolute Gasteiger partial charge is 0.465 e. The number of nitrogens with zero attached hydrogens (tertiary/aromatic N) is 1. The van der Waals surface area contributed by atoms with E-state index >= 15 is 0 Å². The molecule has 1 heterocycles. The molecule has 0 unspecified atom stereocenters. The van der Waals surface area contributed by atoms with Crippen LogP contribution in [0.3, 0.4) is 0 Å². The number of hydrogen-bond acceptors (Lipinski definition) is 3. The summed E-state index contributed by atoms with van der Waals surface area (Å²) in [5.74, 6) is 0. The number of rotatable bonds is 3. The third-order valence-electron chi connectivity index (χ3n) is 1.98. The number of ether oxygens (including phenoxy) is 1. The molecule has 1 aliphatic heterocycles. The summed E-state index contributed by atoms with van der Waals surface area (Å²) in [6, 6.07) is -0.175. The van der Waals surface area contributed by atoms with Gasteiger partial charge in [-0.2, -0.15) is 0 Å². The van der Waals surface area contributed by atoms with E-state index in [1.165, 1.54) is 0 Å². The molecule has 0 aromatic rings. The molecule has 0 saturated carbocycles. The molecule has 0 bridgehead atoms. The number of carboxylic acid groups (broad SMARTS) is 1. The molecule has 0 aromatic heterocycles. The molecule has 0 atom stereocenters. The van der Waals surface area contributed by atoms with Crippen LogP contribution in [-0.4, -0.2) is 61.5 Å². The molecule has 3 amide bonds. The minimum absolute atomic E-state index is 0.175. The van der Waals surface area contributed by atoms with Gasteiger partial charge >= 0.3 is 12.1 Å². The Hall–Kier alpha value is -1.50. The zero-order valence-corrected chi connectivity index (χ0v) is 8.36. The predicted molar refractivity (Wildman–Crippen MR) is 51.8 cm³/mol. The maximum Gasteiger partial charge on any atom is 0.404 e. The molecule has 7 nitrogen and oxygen atoms in total. The number of morpholine rings is 1. The van der Waals surface area contributed by atoms with Crippen molar-refractivity contribution < 1.29 is 19.4 Å². The standard InChI is InChI=1S/C8H15N3O4/c12-7(9-1-2-10-8(13)14)11-3-5-15-6-4-11/h10H,1-6H2,(H,9,12)(H,13,14). The van der Waals surface area contributed by atoms with E-state index in [1.54, 1.807) is 4.90 Å². The Labute approximate surface area is 87.4 Å². The van der Waals surface area contributed by atoms with Crippen LogP contribution < -0.4 is 10.6 Å². The molecule has 15 heavy (non-hydrogen) atoms. The van der Waals surface area contributed by atoms with Gasteiger partial charge in [0.15, 0.2) is 0 Å². The van der Waals surface area contributed by atoms with E-state index < -0.39 is 6.09 Å². The van der Waals surface area contributed by atoms with E-state index in [0.717, 1.165) is 0 Å². The lowest BCUT2D eigenvalue weighted by atomic mass is 10.4. The highest BCUT2D eigenvalue weighted by molar-refractivity contribution is 5.74. The van der Waals surface area contributed by atoms with Crippen LogP contribution in [0.15, 0.2) is 0 Å². The van der Waals surface area contributed by atoms with Crippen molar-refractivity contribution in [2.45, 2.75) is 0 Å². The Morgan fingerprint density at radius 3 is 2.40 bits per heavy atom. The monoisotopic (exact) mass is 217 g/mol. The molecular weight excluding hydrogens is 202 g/mol. The van der Waals surface area contributed by atoms with Crippen molar-refractivity contribution in [2.75, 3.05) is 39.4 Å². The summed E-state index contributed by atoms with van der Waals surface area (Å²) >= 11 is 0. The van der Waals surface area contributed by atoms with Crippen molar-refractivity contribution in [3.63, 3.8) is 0 Å². The zero-order valence-electron chi connectivity index (χ0n) is 8.36. The van der Waals surface area contributed by atoms with E-state index in [4.69, 9.17) is 9.84 Å². The summed E-state index contributed by atoms with van der Waals surface area (Å²) in [5.41, 5.74) is 0. The lowest BCUT2D eigenvalue weighted by Gasteiger charge is -2.26. The van der Waals surface area contributed by atoms with Crippen molar-refractivity contribution in [1.82, 2.24) is 15.5 Å². The predicted octanol–water partition coefficient (Wildman–Crippen LogP) is -0.704. The van der Waals surface area contributed by atoms with Gasteiger partial charge in [0.05, 0.1) is 13.2 Å². The zero-order chi connectivity index (χ0) is 11.1. The first-order chi connectivity index (χ1) is 7.20. The quantitative estimate of drug-likeness (QED) is 0.545. The molecular formula is C8H15N3O4. The fourth-order valence-electron chi connectivity index (χ4n) is 1.22. The van der Waals surface area contributed by atoms with Gasteiger partial charge < -0.3 is 25.4 Å². The third kappa shape index (κ3) is 4.50. The normalized spacial score (nSPS) is 15.9. The summed E-state index contributed by atoms with van der Waals surface area (Å²) in [5, 5.41) is 13.1. The second-order valence-corrected chi connectivity index (χ2v) is 3.06. The number of carbonyl (C=O) groups excluding carboxylic acids is 1. The number of amides is 3. The second kappa shape index (κ2) is 6.07. The molecule has 0 aliphatic carbocycles. The van der Waals surface area contributed by atoms with Crippen molar-refractivity contribution in [2.24, 2.45) is 0 Å². The van der Waals surface area contributed by atoms with Gasteiger partial charge in [-0.1, -0.05) is 0 Å². The van der Waals surface area contributed by atoms with E-state index in [1.807, 2.05) is 0 Å². The van der Waals surface area contributed by atoms with Crippen LogP contribution in [0, 0.1) is 0 Å². The SMILES string of the molecule is O=C(O)NCCNC(=O)N1CCOCC1. The summed E-state index contributed by atoms with van der Waals surface area (Å²) in [4.78, 5) is 23.2. The van der Waals surface area contributed by atoms with Crippen LogP contribution in [0.5, 0.6) is 0 Å². The summed E-state index contributed by atoms with van der Waals surface area (Å²) < 4.78 is 5.10.